The molecule has 0 saturated carbocycles. The lowest BCUT2D eigenvalue weighted by molar-refractivity contribution is 0.0955. The maximum atomic E-state index is 13.0. The van der Waals surface area contributed by atoms with E-state index in [0.717, 1.165) is 21.5 Å². The normalized spacial score (nSPS) is 11.3. The summed E-state index contributed by atoms with van der Waals surface area (Å²) < 4.78 is 1.84. The number of aromatic hydroxyl groups is 1. The van der Waals surface area contributed by atoms with Crippen molar-refractivity contribution in [2.45, 2.75) is 26.3 Å². The summed E-state index contributed by atoms with van der Waals surface area (Å²) in [6.45, 7) is 4.56. The van der Waals surface area contributed by atoms with Crippen LogP contribution in [0.4, 0.5) is 0 Å². The smallest absolute Gasteiger partial charge is 0.252 e. The van der Waals surface area contributed by atoms with Gasteiger partial charge in [0, 0.05) is 12.6 Å². The van der Waals surface area contributed by atoms with Gasteiger partial charge in [0.25, 0.3) is 5.91 Å². The van der Waals surface area contributed by atoms with Crippen molar-refractivity contribution in [3.8, 4) is 16.3 Å². The summed E-state index contributed by atoms with van der Waals surface area (Å²) in [4.78, 5) is 18.8. The van der Waals surface area contributed by atoms with Crippen LogP contribution in [-0.2, 0) is 6.42 Å². The van der Waals surface area contributed by atoms with Gasteiger partial charge in [-0.3, -0.25) is 4.79 Å². The molecule has 0 atom stereocenters. The van der Waals surface area contributed by atoms with Crippen molar-refractivity contribution >= 4 is 28.3 Å². The maximum Gasteiger partial charge on any atom is 0.252 e. The van der Waals surface area contributed by atoms with Gasteiger partial charge < -0.3 is 10.4 Å². The van der Waals surface area contributed by atoms with Crippen LogP contribution in [0.3, 0.4) is 0 Å². The van der Waals surface area contributed by atoms with E-state index in [1.807, 2.05) is 48.2 Å². The Morgan fingerprint density at radius 1 is 1.24 bits per heavy atom. The molecular weight excluding hydrogens is 384 g/mol. The van der Waals surface area contributed by atoms with Crippen LogP contribution in [0.15, 0.2) is 54.0 Å². The molecule has 3 heterocycles. The number of thiophene rings is 1. The Bertz CT molecular complexity index is 1150. The monoisotopic (exact) mass is 406 g/mol. The molecule has 3 aromatic heterocycles. The fraction of sp³-hybridized carbons (Fsp3) is 0.227. The van der Waals surface area contributed by atoms with Gasteiger partial charge in [-0.15, -0.1) is 11.3 Å². The van der Waals surface area contributed by atoms with E-state index in [2.05, 4.69) is 10.4 Å². The van der Waals surface area contributed by atoms with Gasteiger partial charge >= 0.3 is 0 Å². The number of rotatable bonds is 6. The number of amides is 1. The second-order valence-electron chi connectivity index (χ2n) is 7.13. The molecule has 7 heteroatoms. The van der Waals surface area contributed by atoms with Gasteiger partial charge in [-0.05, 0) is 55.5 Å². The third-order valence-corrected chi connectivity index (χ3v) is 5.58. The number of phenolic OH excluding ortho intramolecular Hbond substituents is 1. The topological polar surface area (TPSA) is 80.0 Å². The van der Waals surface area contributed by atoms with E-state index in [4.69, 9.17) is 4.98 Å². The molecular formula is C22H22N4O2S. The number of carbonyl (C=O) groups is 1. The van der Waals surface area contributed by atoms with Crippen LogP contribution in [-0.4, -0.2) is 32.3 Å². The van der Waals surface area contributed by atoms with Gasteiger partial charge in [0.15, 0.2) is 5.65 Å². The molecule has 0 saturated heterocycles. The van der Waals surface area contributed by atoms with Crippen molar-refractivity contribution in [2.75, 3.05) is 6.54 Å². The van der Waals surface area contributed by atoms with Gasteiger partial charge in [0.05, 0.1) is 27.7 Å². The maximum absolute atomic E-state index is 13.0. The zero-order chi connectivity index (χ0) is 20.4. The van der Waals surface area contributed by atoms with E-state index in [1.165, 1.54) is 0 Å². The second kappa shape index (κ2) is 8.05. The quantitative estimate of drug-likeness (QED) is 0.497. The van der Waals surface area contributed by atoms with Crippen molar-refractivity contribution in [1.29, 1.82) is 0 Å². The summed E-state index contributed by atoms with van der Waals surface area (Å²) >= 11 is 1.59. The first kappa shape index (κ1) is 19.1. The van der Waals surface area contributed by atoms with Crippen LogP contribution in [0, 0.1) is 0 Å². The van der Waals surface area contributed by atoms with Gasteiger partial charge in [-0.25, -0.2) is 9.67 Å². The summed E-state index contributed by atoms with van der Waals surface area (Å²) in [6.07, 6.45) is 2.35. The van der Waals surface area contributed by atoms with Gasteiger partial charge in [0.2, 0.25) is 0 Å². The predicted molar refractivity (Wildman–Crippen MR) is 115 cm³/mol. The molecule has 0 aliphatic rings. The molecule has 1 amide bonds. The van der Waals surface area contributed by atoms with Crippen LogP contribution in [0.1, 0.15) is 35.8 Å². The highest BCUT2D eigenvalue weighted by Gasteiger charge is 2.18. The number of phenols is 1. The lowest BCUT2D eigenvalue weighted by Gasteiger charge is -2.10. The van der Waals surface area contributed by atoms with E-state index < -0.39 is 0 Å². The molecule has 0 aliphatic carbocycles. The Morgan fingerprint density at radius 2 is 2.10 bits per heavy atom. The number of aromatic nitrogens is 3. The van der Waals surface area contributed by atoms with Crippen molar-refractivity contribution in [3.63, 3.8) is 0 Å². The van der Waals surface area contributed by atoms with Crippen LogP contribution < -0.4 is 5.32 Å². The Hall–Kier alpha value is -3.19. The number of hydrogen-bond acceptors (Lipinski definition) is 5. The Labute approximate surface area is 172 Å². The number of carbonyl (C=O) groups excluding carboxylic acids is 1. The summed E-state index contributed by atoms with van der Waals surface area (Å²) in [5.74, 6) is 0.0741. The first-order chi connectivity index (χ1) is 14.0. The second-order valence-corrected chi connectivity index (χ2v) is 8.08. The average Bonchev–Trinajstić information content (AvgIpc) is 3.37. The Morgan fingerprint density at radius 3 is 2.83 bits per heavy atom. The number of hydrogen-bond donors (Lipinski definition) is 2. The van der Waals surface area contributed by atoms with Gasteiger partial charge in [0.1, 0.15) is 5.75 Å². The van der Waals surface area contributed by atoms with E-state index in [0.29, 0.717) is 24.2 Å². The summed E-state index contributed by atoms with van der Waals surface area (Å²) in [5.41, 5.74) is 3.02. The third kappa shape index (κ3) is 4.00. The van der Waals surface area contributed by atoms with E-state index in [-0.39, 0.29) is 17.7 Å². The highest BCUT2D eigenvalue weighted by molar-refractivity contribution is 7.13. The number of pyridine rings is 1. The highest BCUT2D eigenvalue weighted by atomic mass is 32.1. The van der Waals surface area contributed by atoms with E-state index in [1.54, 1.807) is 35.7 Å². The molecule has 4 aromatic rings. The molecule has 0 unspecified atom stereocenters. The van der Waals surface area contributed by atoms with Gasteiger partial charge in [-0.2, -0.15) is 5.10 Å². The van der Waals surface area contributed by atoms with Crippen molar-refractivity contribution in [2.24, 2.45) is 0 Å². The predicted octanol–water partition coefficient (Wildman–Crippen LogP) is 4.42. The third-order valence-electron chi connectivity index (χ3n) is 4.68. The summed E-state index contributed by atoms with van der Waals surface area (Å²) in [6, 6.07) is 13.0. The van der Waals surface area contributed by atoms with Crippen LogP contribution in [0.2, 0.25) is 0 Å². The minimum atomic E-state index is -0.154. The number of benzene rings is 1. The fourth-order valence-electron chi connectivity index (χ4n) is 3.26. The van der Waals surface area contributed by atoms with Crippen molar-refractivity contribution in [1.82, 2.24) is 20.1 Å². The molecule has 0 bridgehead atoms. The number of fused-ring (bicyclic) bond motifs is 1. The summed E-state index contributed by atoms with van der Waals surface area (Å²) in [7, 11) is 0. The molecule has 4 rings (SSSR count). The average molecular weight is 407 g/mol. The van der Waals surface area contributed by atoms with Crippen molar-refractivity contribution < 1.29 is 9.90 Å². The molecule has 0 aliphatic heterocycles. The Balaban J connectivity index is 1.63. The van der Waals surface area contributed by atoms with E-state index >= 15 is 0 Å². The lowest BCUT2D eigenvalue weighted by atomic mass is 10.1. The highest BCUT2D eigenvalue weighted by Crippen LogP contribution is 2.28. The molecule has 1 aromatic carbocycles. The zero-order valence-electron chi connectivity index (χ0n) is 16.3. The molecule has 0 fully saturated rings. The molecule has 2 N–H and O–H groups in total. The number of nitrogens with one attached hydrogen (secondary N) is 1. The van der Waals surface area contributed by atoms with Gasteiger partial charge in [-0.1, -0.05) is 18.2 Å². The first-order valence-electron chi connectivity index (χ1n) is 9.51. The number of nitrogens with zero attached hydrogens (tertiary/aromatic N) is 3. The molecule has 29 heavy (non-hydrogen) atoms. The van der Waals surface area contributed by atoms with Crippen LogP contribution >= 0.6 is 11.3 Å². The fourth-order valence-corrected chi connectivity index (χ4v) is 3.95. The zero-order valence-corrected chi connectivity index (χ0v) is 17.1. The summed E-state index contributed by atoms with van der Waals surface area (Å²) in [5, 5.41) is 19.8. The van der Waals surface area contributed by atoms with Crippen LogP contribution in [0.25, 0.3) is 21.6 Å². The van der Waals surface area contributed by atoms with Crippen molar-refractivity contribution in [3.05, 3.63) is 65.2 Å². The van der Waals surface area contributed by atoms with E-state index in [9.17, 15) is 9.90 Å². The lowest BCUT2D eigenvalue weighted by Crippen LogP contribution is -2.26. The van der Waals surface area contributed by atoms with Crippen LogP contribution in [0.5, 0.6) is 5.75 Å². The molecule has 148 valence electrons. The molecule has 0 radical (unpaired) electrons. The standard InChI is InChI=1S/C22H22N4O2S/c1-14(2)26-21-18(13-24-26)17(12-19(25-21)20-7-4-10-29-20)22(28)23-9-8-15-5-3-6-16(27)11-15/h3-7,10-14,27H,8-9H2,1-2H3,(H,23,28). The minimum Gasteiger partial charge on any atom is -0.508 e. The SMILES string of the molecule is CC(C)n1ncc2c(C(=O)NCCc3cccc(O)c3)cc(-c3cccs3)nc21. The molecule has 0 spiro atoms. The Kier molecular flexibility index (Phi) is 5.31. The minimum absolute atomic E-state index is 0.139. The molecule has 6 nitrogen and oxygen atoms in total. The largest absolute Gasteiger partial charge is 0.508 e. The first-order valence-corrected chi connectivity index (χ1v) is 10.4.